The van der Waals surface area contributed by atoms with Crippen molar-refractivity contribution in [3.63, 3.8) is 0 Å². The zero-order valence-electron chi connectivity index (χ0n) is 13.9. The minimum atomic E-state index is -1.52. The van der Waals surface area contributed by atoms with E-state index in [1.165, 1.54) is 12.1 Å². The topological polar surface area (TPSA) is 21.6 Å². The van der Waals surface area contributed by atoms with Gasteiger partial charge >= 0.3 is 0 Å². The molecular formula is C19H20FNOSi. The van der Waals surface area contributed by atoms with Crippen LogP contribution in [0.4, 0.5) is 10.1 Å². The van der Waals surface area contributed by atoms with Gasteiger partial charge in [-0.05, 0) is 48.5 Å². The van der Waals surface area contributed by atoms with E-state index in [0.29, 0.717) is 11.4 Å². The predicted molar refractivity (Wildman–Crippen MR) is 96.7 cm³/mol. The molecule has 2 aromatic rings. The van der Waals surface area contributed by atoms with Crippen molar-refractivity contribution >= 4 is 19.5 Å². The van der Waals surface area contributed by atoms with E-state index in [1.807, 2.05) is 24.3 Å². The third kappa shape index (κ3) is 5.39. The van der Waals surface area contributed by atoms with Crippen molar-refractivity contribution in [1.82, 2.24) is 0 Å². The summed E-state index contributed by atoms with van der Waals surface area (Å²) in [5.74, 6) is 3.71. The van der Waals surface area contributed by atoms with Gasteiger partial charge in [-0.15, -0.1) is 5.54 Å². The van der Waals surface area contributed by atoms with Gasteiger partial charge in [-0.2, -0.15) is 0 Å². The summed E-state index contributed by atoms with van der Waals surface area (Å²) >= 11 is 0. The second-order valence-electron chi connectivity index (χ2n) is 6.17. The standard InChI is InChI=1S/C19H20FNOSi/c1-22-18-11-5-15(6-12-18)19(13-14-23(2,3)4)21-17-9-7-16(20)8-10-17/h5-12H,1-4H3. The highest BCUT2D eigenvalue weighted by atomic mass is 28.3. The van der Waals surface area contributed by atoms with E-state index in [-0.39, 0.29) is 5.82 Å². The maximum atomic E-state index is 13.0. The lowest BCUT2D eigenvalue weighted by Gasteiger charge is -2.06. The van der Waals surface area contributed by atoms with Crippen LogP contribution in [0.2, 0.25) is 19.6 Å². The Balaban J connectivity index is 2.45. The third-order valence-electron chi connectivity index (χ3n) is 2.99. The van der Waals surface area contributed by atoms with Crippen LogP contribution in [0.25, 0.3) is 0 Å². The van der Waals surface area contributed by atoms with Crippen LogP contribution < -0.4 is 4.74 Å². The minimum Gasteiger partial charge on any atom is -0.497 e. The van der Waals surface area contributed by atoms with Crippen LogP contribution in [0.5, 0.6) is 5.75 Å². The second-order valence-corrected chi connectivity index (χ2v) is 10.9. The molecule has 0 aliphatic rings. The first-order valence-corrected chi connectivity index (χ1v) is 10.9. The van der Waals surface area contributed by atoms with Gasteiger partial charge in [0.25, 0.3) is 0 Å². The maximum Gasteiger partial charge on any atom is 0.129 e. The fourth-order valence-corrected chi connectivity index (χ4v) is 2.30. The van der Waals surface area contributed by atoms with Crippen molar-refractivity contribution < 1.29 is 9.13 Å². The molecule has 0 fully saturated rings. The summed E-state index contributed by atoms with van der Waals surface area (Å²) in [7, 11) is 0.109. The van der Waals surface area contributed by atoms with Crippen molar-refractivity contribution in [2.45, 2.75) is 19.6 Å². The summed E-state index contributed by atoms with van der Waals surface area (Å²) in [5, 5.41) is 0. The molecular weight excluding hydrogens is 305 g/mol. The Hall–Kier alpha value is -2.38. The lowest BCUT2D eigenvalue weighted by atomic mass is 10.1. The first kappa shape index (κ1) is 17.0. The molecule has 0 aromatic heterocycles. The monoisotopic (exact) mass is 325 g/mol. The molecule has 2 aromatic carbocycles. The fraction of sp³-hybridized carbons (Fsp3) is 0.211. The number of aliphatic imine (C=N–C) groups is 1. The maximum absolute atomic E-state index is 13.0. The SMILES string of the molecule is COc1ccc(C(C#C[Si](C)(C)C)=Nc2ccc(F)cc2)cc1. The van der Waals surface area contributed by atoms with Crippen LogP contribution in [0.15, 0.2) is 53.5 Å². The van der Waals surface area contributed by atoms with E-state index in [4.69, 9.17) is 4.74 Å². The van der Waals surface area contributed by atoms with E-state index in [9.17, 15) is 4.39 Å². The van der Waals surface area contributed by atoms with Gasteiger partial charge in [0.15, 0.2) is 0 Å². The molecule has 2 nitrogen and oxygen atoms in total. The lowest BCUT2D eigenvalue weighted by molar-refractivity contribution is 0.415. The molecule has 0 spiro atoms. The minimum absolute atomic E-state index is 0.275. The molecule has 0 aliphatic heterocycles. The van der Waals surface area contributed by atoms with Crippen molar-refractivity contribution in [3.8, 4) is 17.2 Å². The molecule has 0 aliphatic carbocycles. The lowest BCUT2D eigenvalue weighted by Crippen LogP contribution is -2.17. The zero-order chi connectivity index (χ0) is 16.9. The van der Waals surface area contributed by atoms with E-state index in [2.05, 4.69) is 36.1 Å². The Morgan fingerprint density at radius 1 is 1.00 bits per heavy atom. The Bertz CT molecular complexity index is 747. The molecule has 0 radical (unpaired) electrons. The number of rotatable bonds is 3. The predicted octanol–water partition coefficient (Wildman–Crippen LogP) is 4.84. The van der Waals surface area contributed by atoms with E-state index < -0.39 is 8.07 Å². The molecule has 118 valence electrons. The van der Waals surface area contributed by atoms with Gasteiger partial charge in [0, 0.05) is 5.56 Å². The van der Waals surface area contributed by atoms with Crippen molar-refractivity contribution in [3.05, 3.63) is 59.9 Å². The zero-order valence-corrected chi connectivity index (χ0v) is 14.9. The highest BCUT2D eigenvalue weighted by molar-refractivity contribution is 6.84. The molecule has 2 rings (SSSR count). The molecule has 0 heterocycles. The third-order valence-corrected chi connectivity index (χ3v) is 3.86. The first-order valence-electron chi connectivity index (χ1n) is 7.39. The molecule has 0 saturated heterocycles. The number of hydrogen-bond acceptors (Lipinski definition) is 2. The Morgan fingerprint density at radius 2 is 1.61 bits per heavy atom. The van der Waals surface area contributed by atoms with E-state index >= 15 is 0 Å². The van der Waals surface area contributed by atoms with Gasteiger partial charge < -0.3 is 4.74 Å². The van der Waals surface area contributed by atoms with Gasteiger partial charge in [-0.1, -0.05) is 25.6 Å². The van der Waals surface area contributed by atoms with Crippen molar-refractivity contribution in [2.75, 3.05) is 7.11 Å². The smallest absolute Gasteiger partial charge is 0.129 e. The van der Waals surface area contributed by atoms with Gasteiger partial charge in [0.1, 0.15) is 25.4 Å². The summed E-state index contributed by atoms with van der Waals surface area (Å²) in [6.07, 6.45) is 0. The van der Waals surface area contributed by atoms with Crippen LogP contribution in [-0.2, 0) is 0 Å². The van der Waals surface area contributed by atoms with Crippen LogP contribution in [-0.4, -0.2) is 20.9 Å². The number of hydrogen-bond donors (Lipinski definition) is 0. The average molecular weight is 325 g/mol. The largest absolute Gasteiger partial charge is 0.497 e. The molecule has 0 atom stereocenters. The van der Waals surface area contributed by atoms with Gasteiger partial charge in [-0.25, -0.2) is 9.38 Å². The first-order chi connectivity index (χ1) is 10.9. The van der Waals surface area contributed by atoms with Crippen molar-refractivity contribution in [2.24, 2.45) is 4.99 Å². The number of ether oxygens (including phenoxy) is 1. The highest BCUT2D eigenvalue weighted by Crippen LogP contribution is 2.17. The summed E-state index contributed by atoms with van der Waals surface area (Å²) in [5.41, 5.74) is 5.62. The van der Waals surface area contributed by atoms with Crippen molar-refractivity contribution in [1.29, 1.82) is 0 Å². The van der Waals surface area contributed by atoms with Gasteiger partial charge in [0.05, 0.1) is 12.8 Å². The molecule has 4 heteroatoms. The quantitative estimate of drug-likeness (QED) is 0.450. The number of nitrogens with zero attached hydrogens (tertiary/aromatic N) is 1. The normalized spacial score (nSPS) is 11.6. The molecule has 0 unspecified atom stereocenters. The molecule has 23 heavy (non-hydrogen) atoms. The Labute approximate surface area is 138 Å². The Morgan fingerprint density at radius 3 is 2.13 bits per heavy atom. The van der Waals surface area contributed by atoms with Crippen LogP contribution in [0.1, 0.15) is 5.56 Å². The number of halogens is 1. The van der Waals surface area contributed by atoms with Crippen LogP contribution in [0, 0.1) is 17.3 Å². The summed E-state index contributed by atoms with van der Waals surface area (Å²) in [6.45, 7) is 6.55. The van der Waals surface area contributed by atoms with Gasteiger partial charge in [-0.3, -0.25) is 0 Å². The van der Waals surface area contributed by atoms with Crippen LogP contribution in [0.3, 0.4) is 0 Å². The average Bonchev–Trinajstić information content (AvgIpc) is 2.52. The summed E-state index contributed by atoms with van der Waals surface area (Å²) in [6, 6.07) is 13.7. The molecule has 0 bridgehead atoms. The summed E-state index contributed by atoms with van der Waals surface area (Å²) in [4.78, 5) is 4.59. The summed E-state index contributed by atoms with van der Waals surface area (Å²) < 4.78 is 18.2. The van der Waals surface area contributed by atoms with Crippen LogP contribution >= 0.6 is 0 Å². The van der Waals surface area contributed by atoms with E-state index in [0.717, 1.165) is 11.3 Å². The van der Waals surface area contributed by atoms with E-state index in [1.54, 1.807) is 19.2 Å². The van der Waals surface area contributed by atoms with Gasteiger partial charge in [0.2, 0.25) is 0 Å². The molecule has 0 saturated carbocycles. The highest BCUT2D eigenvalue weighted by Gasteiger charge is 2.09. The second kappa shape index (κ2) is 7.25. The number of benzene rings is 2. The molecule has 0 N–H and O–H groups in total. The molecule has 0 amide bonds. The fourth-order valence-electron chi connectivity index (χ4n) is 1.80. The Kier molecular flexibility index (Phi) is 5.35. The number of methoxy groups -OCH3 is 1.